The maximum absolute atomic E-state index is 14.3. The van der Waals surface area contributed by atoms with Gasteiger partial charge in [-0.05, 0) is 31.2 Å². The number of rotatable bonds is 8. The van der Waals surface area contributed by atoms with Gasteiger partial charge in [-0.1, -0.05) is 6.07 Å². The van der Waals surface area contributed by atoms with Crippen LogP contribution in [0.25, 0.3) is 0 Å². The molecule has 0 aliphatic rings. The van der Waals surface area contributed by atoms with Crippen LogP contribution < -0.4 is 9.47 Å². The molecule has 0 N–H and O–H groups in total. The number of ketones is 1. The number of carbonyl (C=O) groups is 2. The summed E-state index contributed by atoms with van der Waals surface area (Å²) in [5, 5.41) is 0. The number of halogens is 2. The first kappa shape index (κ1) is 20.4. The minimum Gasteiger partial charge on any atom is -0.497 e. The monoisotopic (exact) mass is 378 g/mol. The molecule has 7 heteroatoms. The van der Waals surface area contributed by atoms with Gasteiger partial charge in [0.1, 0.15) is 23.1 Å². The minimum absolute atomic E-state index is 0.0898. The van der Waals surface area contributed by atoms with Gasteiger partial charge in [0.05, 0.1) is 33.2 Å². The van der Waals surface area contributed by atoms with Crippen molar-refractivity contribution in [2.45, 2.75) is 19.3 Å². The van der Waals surface area contributed by atoms with E-state index >= 15 is 0 Å². The zero-order valence-electron chi connectivity index (χ0n) is 15.3. The number of carbonyl (C=O) groups excluding carboxylic acids is 2. The lowest BCUT2D eigenvalue weighted by Gasteiger charge is -2.18. The summed E-state index contributed by atoms with van der Waals surface area (Å²) in [6, 6.07) is 7.66. The molecule has 2 aromatic rings. The van der Waals surface area contributed by atoms with Gasteiger partial charge in [0.25, 0.3) is 0 Å². The van der Waals surface area contributed by atoms with Crippen molar-refractivity contribution in [1.82, 2.24) is 0 Å². The van der Waals surface area contributed by atoms with Crippen molar-refractivity contribution >= 4 is 11.8 Å². The summed E-state index contributed by atoms with van der Waals surface area (Å²) < 4.78 is 43.7. The van der Waals surface area contributed by atoms with Crippen molar-refractivity contribution in [2.24, 2.45) is 0 Å². The third-order valence-corrected chi connectivity index (χ3v) is 3.98. The van der Waals surface area contributed by atoms with Crippen LogP contribution in [0.4, 0.5) is 8.78 Å². The Morgan fingerprint density at radius 2 is 1.56 bits per heavy atom. The number of ether oxygens (including phenoxy) is 3. The average Bonchev–Trinajstić information content (AvgIpc) is 2.66. The van der Waals surface area contributed by atoms with Crippen LogP contribution in [0, 0.1) is 11.6 Å². The molecule has 0 amide bonds. The quantitative estimate of drug-likeness (QED) is 0.515. The zero-order chi connectivity index (χ0) is 20.0. The van der Waals surface area contributed by atoms with Crippen molar-refractivity contribution in [2.75, 3.05) is 20.8 Å². The molecule has 1 atom stereocenters. The fourth-order valence-electron chi connectivity index (χ4n) is 2.71. The van der Waals surface area contributed by atoms with Gasteiger partial charge in [-0.25, -0.2) is 8.78 Å². The molecule has 0 aliphatic carbocycles. The predicted octanol–water partition coefficient (Wildman–Crippen LogP) is 3.90. The highest BCUT2D eigenvalue weighted by molar-refractivity contribution is 6.03. The Kier molecular flexibility index (Phi) is 6.87. The van der Waals surface area contributed by atoms with Gasteiger partial charge in [-0.2, -0.15) is 0 Å². The molecule has 0 saturated heterocycles. The van der Waals surface area contributed by atoms with E-state index in [-0.39, 0.29) is 12.2 Å². The average molecular weight is 378 g/mol. The third kappa shape index (κ3) is 4.81. The lowest BCUT2D eigenvalue weighted by molar-refractivity contribution is -0.143. The molecule has 0 spiro atoms. The Balaban J connectivity index is 2.53. The molecular weight excluding hydrogens is 358 g/mol. The smallest absolute Gasteiger partial charge is 0.306 e. The molecule has 1 unspecified atom stereocenters. The topological polar surface area (TPSA) is 61.8 Å². The van der Waals surface area contributed by atoms with E-state index in [4.69, 9.17) is 14.2 Å². The van der Waals surface area contributed by atoms with Crippen molar-refractivity contribution in [1.29, 1.82) is 0 Å². The number of hydrogen-bond donors (Lipinski definition) is 0. The first-order valence-corrected chi connectivity index (χ1v) is 8.28. The molecule has 0 heterocycles. The van der Waals surface area contributed by atoms with Gasteiger partial charge in [0.2, 0.25) is 0 Å². The second-order valence-corrected chi connectivity index (χ2v) is 5.66. The molecule has 2 aromatic carbocycles. The number of Topliss-reactive ketones (excluding diaryl/α,β-unsaturated/α-hetero) is 1. The van der Waals surface area contributed by atoms with E-state index < -0.39 is 41.3 Å². The van der Waals surface area contributed by atoms with Crippen LogP contribution in [0.5, 0.6) is 11.5 Å². The van der Waals surface area contributed by atoms with E-state index in [1.165, 1.54) is 32.4 Å². The van der Waals surface area contributed by atoms with Crippen LogP contribution in [0.1, 0.15) is 35.2 Å². The Bertz CT molecular complexity index is 793. The van der Waals surface area contributed by atoms with E-state index in [9.17, 15) is 18.4 Å². The fraction of sp³-hybridized carbons (Fsp3) is 0.300. The molecular formula is C20H20F2O5. The highest BCUT2D eigenvalue weighted by Crippen LogP contribution is 2.32. The first-order chi connectivity index (χ1) is 12.9. The first-order valence-electron chi connectivity index (χ1n) is 8.28. The molecule has 0 aliphatic heterocycles. The molecule has 5 nitrogen and oxygen atoms in total. The van der Waals surface area contributed by atoms with Crippen LogP contribution in [-0.2, 0) is 9.53 Å². The molecule has 0 bridgehead atoms. The predicted molar refractivity (Wildman–Crippen MR) is 94.2 cm³/mol. The lowest BCUT2D eigenvalue weighted by atomic mass is 9.87. The van der Waals surface area contributed by atoms with Crippen LogP contribution in [0.2, 0.25) is 0 Å². The summed E-state index contributed by atoms with van der Waals surface area (Å²) in [7, 11) is 2.82. The second-order valence-electron chi connectivity index (χ2n) is 5.66. The van der Waals surface area contributed by atoms with E-state index in [1.54, 1.807) is 13.0 Å². The molecule has 0 saturated carbocycles. The summed E-state index contributed by atoms with van der Waals surface area (Å²) in [6.45, 7) is 1.69. The van der Waals surface area contributed by atoms with E-state index in [2.05, 4.69) is 0 Å². The normalized spacial score (nSPS) is 11.6. The molecule has 27 heavy (non-hydrogen) atoms. The summed E-state index contributed by atoms with van der Waals surface area (Å²) in [4.78, 5) is 25.0. The Morgan fingerprint density at radius 1 is 1.00 bits per heavy atom. The molecule has 144 valence electrons. The van der Waals surface area contributed by atoms with Crippen molar-refractivity contribution < 1.29 is 32.6 Å². The Labute approximate surface area is 155 Å². The van der Waals surface area contributed by atoms with Gasteiger partial charge in [0.15, 0.2) is 5.78 Å². The number of esters is 1. The van der Waals surface area contributed by atoms with E-state index in [1.807, 2.05) is 0 Å². The van der Waals surface area contributed by atoms with Gasteiger partial charge in [0, 0.05) is 17.2 Å². The Hall–Kier alpha value is -2.96. The maximum Gasteiger partial charge on any atom is 0.306 e. The van der Waals surface area contributed by atoms with Crippen LogP contribution in [0.3, 0.4) is 0 Å². The molecule has 0 fully saturated rings. The number of benzene rings is 2. The van der Waals surface area contributed by atoms with Crippen LogP contribution in [0.15, 0.2) is 36.4 Å². The van der Waals surface area contributed by atoms with Crippen molar-refractivity contribution in [3.05, 3.63) is 59.2 Å². The molecule has 2 rings (SSSR count). The second kappa shape index (κ2) is 9.12. The largest absolute Gasteiger partial charge is 0.497 e. The zero-order valence-corrected chi connectivity index (χ0v) is 15.3. The fourth-order valence-corrected chi connectivity index (χ4v) is 2.71. The maximum atomic E-state index is 14.3. The van der Waals surface area contributed by atoms with Crippen LogP contribution >= 0.6 is 0 Å². The molecule has 0 aromatic heterocycles. The van der Waals surface area contributed by atoms with Crippen molar-refractivity contribution in [3.63, 3.8) is 0 Å². The van der Waals surface area contributed by atoms with Crippen molar-refractivity contribution in [3.8, 4) is 11.5 Å². The molecule has 0 radical (unpaired) electrons. The number of hydrogen-bond acceptors (Lipinski definition) is 5. The van der Waals surface area contributed by atoms with E-state index in [0.29, 0.717) is 11.5 Å². The van der Waals surface area contributed by atoms with Gasteiger partial charge >= 0.3 is 5.97 Å². The highest BCUT2D eigenvalue weighted by atomic mass is 19.1. The van der Waals surface area contributed by atoms with Gasteiger partial charge < -0.3 is 14.2 Å². The van der Waals surface area contributed by atoms with Gasteiger partial charge in [-0.15, -0.1) is 0 Å². The summed E-state index contributed by atoms with van der Waals surface area (Å²) >= 11 is 0. The third-order valence-electron chi connectivity index (χ3n) is 3.98. The van der Waals surface area contributed by atoms with Crippen LogP contribution in [-0.4, -0.2) is 32.6 Å². The Morgan fingerprint density at radius 3 is 2.04 bits per heavy atom. The van der Waals surface area contributed by atoms with E-state index in [0.717, 1.165) is 12.1 Å². The standard InChI is InChI=1S/C20H20F2O5/c1-4-27-18(23)11-15(19-16(21)6-5-7-17(19)22)20(24)12-8-13(25-2)10-14(9-12)26-3/h5-10,15H,4,11H2,1-3H3. The minimum atomic E-state index is -1.39. The summed E-state index contributed by atoms with van der Waals surface area (Å²) in [6.07, 6.45) is -0.496. The lowest BCUT2D eigenvalue weighted by Crippen LogP contribution is -2.21. The number of methoxy groups -OCH3 is 2. The SMILES string of the molecule is CCOC(=O)CC(C(=O)c1cc(OC)cc(OC)c1)c1c(F)cccc1F. The summed E-state index contributed by atoms with van der Waals surface area (Å²) in [5.41, 5.74) is -0.375. The van der Waals surface area contributed by atoms with Gasteiger partial charge in [-0.3, -0.25) is 9.59 Å². The summed E-state index contributed by atoms with van der Waals surface area (Å²) in [5.74, 6) is -3.91. The highest BCUT2D eigenvalue weighted by Gasteiger charge is 2.31.